The Morgan fingerprint density at radius 3 is 1.25 bits per heavy atom. The molecule has 3 atom stereocenters. The highest BCUT2D eigenvalue weighted by atomic mass is 31.2. The van der Waals surface area contributed by atoms with E-state index in [1.807, 2.05) is 21.1 Å². The number of unbranched alkanes of at least 4 members (excludes halogenated alkanes) is 36. The summed E-state index contributed by atoms with van der Waals surface area (Å²) in [6.45, 7) is 4.73. The second kappa shape index (κ2) is 46.4. The lowest BCUT2D eigenvalue weighted by molar-refractivity contribution is -0.870. The number of rotatable bonds is 51. The summed E-state index contributed by atoms with van der Waals surface area (Å²) < 4.78 is 23.4. The molecule has 0 rings (SSSR count). The van der Waals surface area contributed by atoms with Crippen molar-refractivity contribution in [2.45, 2.75) is 289 Å². The average Bonchev–Trinajstić information content (AvgIpc) is 3.24. The van der Waals surface area contributed by atoms with Gasteiger partial charge in [-0.3, -0.25) is 9.36 Å². The molecule has 0 saturated heterocycles. The Morgan fingerprint density at radius 2 is 0.873 bits per heavy atom. The van der Waals surface area contributed by atoms with Crippen molar-refractivity contribution in [1.82, 2.24) is 5.32 Å². The Bertz CT molecular complexity index is 1040. The van der Waals surface area contributed by atoms with E-state index in [0.717, 1.165) is 51.4 Å². The van der Waals surface area contributed by atoms with E-state index >= 15 is 0 Å². The molecule has 2 N–H and O–H groups in total. The highest BCUT2D eigenvalue weighted by molar-refractivity contribution is 7.45. The molecule has 0 spiro atoms. The molecule has 0 fully saturated rings. The fourth-order valence-electron chi connectivity index (χ4n) is 8.39. The molecule has 1 amide bonds. The maximum absolute atomic E-state index is 12.9. The highest BCUT2D eigenvalue weighted by Gasteiger charge is 2.24. The monoisotopic (exact) mass is 913 g/mol. The number of phosphoric acid groups is 1. The molecule has 0 saturated carbocycles. The molecule has 0 heterocycles. The lowest BCUT2D eigenvalue weighted by Crippen LogP contribution is -2.46. The van der Waals surface area contributed by atoms with Crippen LogP contribution in [-0.2, 0) is 18.4 Å². The third-order valence-corrected chi connectivity index (χ3v) is 13.7. The van der Waals surface area contributed by atoms with Gasteiger partial charge in [-0.2, -0.15) is 0 Å². The maximum Gasteiger partial charge on any atom is 0.268 e. The third kappa shape index (κ3) is 49.0. The van der Waals surface area contributed by atoms with Crippen molar-refractivity contribution in [3.8, 4) is 0 Å². The van der Waals surface area contributed by atoms with Crippen molar-refractivity contribution in [3.63, 3.8) is 0 Å². The molecule has 376 valence electrons. The van der Waals surface area contributed by atoms with Gasteiger partial charge in [-0.25, -0.2) is 0 Å². The Hall–Kier alpha value is -0.760. The van der Waals surface area contributed by atoms with Gasteiger partial charge in [0.25, 0.3) is 7.82 Å². The molecule has 0 aromatic rings. The molecule has 0 radical (unpaired) electrons. The number of hydrogen-bond donors (Lipinski definition) is 2. The second-order valence-corrected chi connectivity index (χ2v) is 21.7. The summed E-state index contributed by atoms with van der Waals surface area (Å²) in [5.41, 5.74) is 0. The smallest absolute Gasteiger partial charge is 0.268 e. The van der Waals surface area contributed by atoms with Crippen LogP contribution in [0.5, 0.6) is 0 Å². The Balaban J connectivity index is 4.07. The van der Waals surface area contributed by atoms with Gasteiger partial charge >= 0.3 is 0 Å². The molecular weight excluding hydrogens is 804 g/mol. The highest BCUT2D eigenvalue weighted by Crippen LogP contribution is 2.38. The van der Waals surface area contributed by atoms with Crippen molar-refractivity contribution in [1.29, 1.82) is 0 Å². The summed E-state index contributed by atoms with van der Waals surface area (Å²) in [6, 6.07) is -0.801. The molecular formula is C54H109N2O6P. The number of phosphoric ester groups is 1. The van der Waals surface area contributed by atoms with E-state index in [9.17, 15) is 19.4 Å². The summed E-state index contributed by atoms with van der Waals surface area (Å²) in [5.74, 6) is -0.171. The maximum atomic E-state index is 12.9. The average molecular weight is 913 g/mol. The van der Waals surface area contributed by atoms with Crippen molar-refractivity contribution >= 4 is 13.7 Å². The number of aliphatic hydroxyl groups is 1. The Labute approximate surface area is 392 Å². The molecule has 0 aromatic heterocycles. The first kappa shape index (κ1) is 62.2. The van der Waals surface area contributed by atoms with Gasteiger partial charge in [0.05, 0.1) is 39.9 Å². The molecule has 8 nitrogen and oxygen atoms in total. The standard InChI is InChI=1S/C54H109N2O6P/c1-6-8-10-12-14-16-18-20-21-22-23-24-25-26-27-28-29-30-31-32-33-34-36-37-39-41-43-45-47-53(57)52(51-62-63(59,60)61-50-49-56(3,4)5)55-54(58)48-46-44-42-40-38-35-19-17-15-13-11-9-7-2/h17,19,52-53,57H,6-16,18,20-51H2,1-5H3,(H-,55,58,59,60)/b19-17-. The van der Waals surface area contributed by atoms with Crippen LogP contribution >= 0.6 is 7.82 Å². The van der Waals surface area contributed by atoms with Gasteiger partial charge in [-0.1, -0.05) is 244 Å². The van der Waals surface area contributed by atoms with E-state index in [-0.39, 0.29) is 19.1 Å². The van der Waals surface area contributed by atoms with E-state index in [1.54, 1.807) is 0 Å². The van der Waals surface area contributed by atoms with Crippen LogP contribution in [0.15, 0.2) is 12.2 Å². The van der Waals surface area contributed by atoms with E-state index in [2.05, 4.69) is 31.3 Å². The number of amides is 1. The summed E-state index contributed by atoms with van der Waals surface area (Å²) in [4.78, 5) is 25.4. The van der Waals surface area contributed by atoms with Gasteiger partial charge < -0.3 is 28.8 Å². The summed E-state index contributed by atoms with van der Waals surface area (Å²) in [6.07, 6.45) is 55.3. The normalized spacial score (nSPS) is 14.1. The van der Waals surface area contributed by atoms with Crippen molar-refractivity contribution in [2.24, 2.45) is 0 Å². The molecule has 0 bridgehead atoms. The predicted octanol–water partition coefficient (Wildman–Crippen LogP) is 15.6. The topological polar surface area (TPSA) is 108 Å². The SMILES string of the molecule is CCCCCC/C=C\CCCCCCCC(=O)NC(COP(=O)([O-])OCC[N+](C)(C)C)C(O)CCCCCCCCCCCCCCCCCCCCCCCCCCCCCC. The zero-order valence-corrected chi connectivity index (χ0v) is 43.7. The van der Waals surface area contributed by atoms with Crippen molar-refractivity contribution in [3.05, 3.63) is 12.2 Å². The van der Waals surface area contributed by atoms with Crippen LogP contribution in [0, 0.1) is 0 Å². The van der Waals surface area contributed by atoms with Crippen LogP contribution in [0.25, 0.3) is 0 Å². The van der Waals surface area contributed by atoms with E-state index < -0.39 is 20.0 Å². The minimum absolute atomic E-state index is 0.0127. The zero-order valence-electron chi connectivity index (χ0n) is 42.8. The first-order chi connectivity index (χ1) is 30.5. The fraction of sp³-hybridized carbons (Fsp3) is 0.944. The molecule has 0 aliphatic carbocycles. The molecule has 3 unspecified atom stereocenters. The molecule has 63 heavy (non-hydrogen) atoms. The van der Waals surface area contributed by atoms with Gasteiger partial charge in [0.15, 0.2) is 0 Å². The number of nitrogens with one attached hydrogen (secondary N) is 1. The number of nitrogens with zero attached hydrogens (tertiary/aromatic N) is 1. The number of likely N-dealkylation sites (N-methyl/N-ethyl adjacent to an activating group) is 1. The molecule has 9 heteroatoms. The van der Waals surface area contributed by atoms with Gasteiger partial charge in [0.2, 0.25) is 5.91 Å². The number of carbonyl (C=O) groups excluding carboxylic acids is 1. The Kier molecular flexibility index (Phi) is 45.8. The van der Waals surface area contributed by atoms with Gasteiger partial charge in [-0.15, -0.1) is 0 Å². The lowest BCUT2D eigenvalue weighted by Gasteiger charge is -2.30. The first-order valence-corrected chi connectivity index (χ1v) is 29.0. The number of quaternary nitrogens is 1. The van der Waals surface area contributed by atoms with Gasteiger partial charge in [0, 0.05) is 6.42 Å². The quantitative estimate of drug-likeness (QED) is 0.0272. The number of allylic oxidation sites excluding steroid dienone is 2. The van der Waals surface area contributed by atoms with Crippen LogP contribution in [0.2, 0.25) is 0 Å². The summed E-state index contributed by atoms with van der Waals surface area (Å²) >= 11 is 0. The van der Waals surface area contributed by atoms with Crippen LogP contribution in [0.1, 0.15) is 277 Å². The fourth-order valence-corrected chi connectivity index (χ4v) is 9.11. The van der Waals surface area contributed by atoms with Crippen LogP contribution in [0.3, 0.4) is 0 Å². The van der Waals surface area contributed by atoms with Crippen molar-refractivity contribution < 1.29 is 32.9 Å². The number of hydrogen-bond acceptors (Lipinski definition) is 6. The number of carbonyl (C=O) groups is 1. The predicted molar refractivity (Wildman–Crippen MR) is 270 cm³/mol. The van der Waals surface area contributed by atoms with E-state index in [1.165, 1.54) is 199 Å². The Morgan fingerprint density at radius 1 is 0.540 bits per heavy atom. The van der Waals surface area contributed by atoms with Crippen molar-refractivity contribution in [2.75, 3.05) is 40.9 Å². The largest absolute Gasteiger partial charge is 0.756 e. The van der Waals surface area contributed by atoms with E-state index in [0.29, 0.717) is 23.9 Å². The van der Waals surface area contributed by atoms with Gasteiger partial charge in [0.1, 0.15) is 13.2 Å². The van der Waals surface area contributed by atoms with Crippen LogP contribution in [0.4, 0.5) is 0 Å². The van der Waals surface area contributed by atoms with Gasteiger partial charge in [-0.05, 0) is 38.5 Å². The molecule has 0 aliphatic rings. The molecule has 0 aromatic carbocycles. The second-order valence-electron chi connectivity index (χ2n) is 20.3. The first-order valence-electron chi connectivity index (χ1n) is 27.5. The van der Waals surface area contributed by atoms with E-state index in [4.69, 9.17) is 9.05 Å². The lowest BCUT2D eigenvalue weighted by atomic mass is 10.0. The van der Waals surface area contributed by atoms with Crippen LogP contribution in [-0.4, -0.2) is 68.5 Å². The zero-order chi connectivity index (χ0) is 46.4. The minimum atomic E-state index is -4.57. The number of aliphatic hydroxyl groups excluding tert-OH is 1. The summed E-state index contributed by atoms with van der Waals surface area (Å²) in [7, 11) is 1.31. The minimum Gasteiger partial charge on any atom is -0.756 e. The summed E-state index contributed by atoms with van der Waals surface area (Å²) in [5, 5.41) is 14.0. The van der Waals surface area contributed by atoms with Crippen LogP contribution < -0.4 is 10.2 Å². The molecule has 0 aliphatic heterocycles. The third-order valence-electron chi connectivity index (χ3n) is 12.8.